The monoisotopic (exact) mass is 340 g/mol. The van der Waals surface area contributed by atoms with Crippen LogP contribution in [0, 0.1) is 0 Å². The van der Waals surface area contributed by atoms with Gasteiger partial charge in [-0.1, -0.05) is 18.2 Å². The zero-order valence-corrected chi connectivity index (χ0v) is 15.2. The highest BCUT2D eigenvalue weighted by Crippen LogP contribution is 2.18. The third-order valence-electron chi connectivity index (χ3n) is 4.54. The number of carbonyl (C=O) groups is 1. The van der Waals surface area contributed by atoms with Gasteiger partial charge in [0.25, 0.3) is 0 Å². The van der Waals surface area contributed by atoms with Gasteiger partial charge in [0.1, 0.15) is 0 Å². The van der Waals surface area contributed by atoms with Crippen LogP contribution >= 0.6 is 11.8 Å². The van der Waals surface area contributed by atoms with E-state index in [1.165, 1.54) is 10.5 Å². The van der Waals surface area contributed by atoms with Crippen molar-refractivity contribution in [2.75, 3.05) is 39.5 Å². The van der Waals surface area contributed by atoms with E-state index in [1.807, 2.05) is 48.7 Å². The van der Waals surface area contributed by atoms with E-state index in [-0.39, 0.29) is 5.78 Å². The number of hydrogen-bond acceptors (Lipinski definition) is 4. The van der Waals surface area contributed by atoms with Crippen LogP contribution in [-0.4, -0.2) is 55.1 Å². The third-order valence-corrected chi connectivity index (χ3v) is 5.29. The fraction of sp³-hybridized carbons (Fsp3) is 0.350. The molecule has 3 nitrogen and oxygen atoms in total. The Morgan fingerprint density at radius 3 is 2.38 bits per heavy atom. The number of benzene rings is 2. The molecular formula is C20H24N2OS. The molecule has 0 spiro atoms. The minimum atomic E-state index is 0.0999. The summed E-state index contributed by atoms with van der Waals surface area (Å²) in [7, 11) is 2.17. The minimum absolute atomic E-state index is 0.0999. The SMILES string of the molecule is CSc1ccc(C(=O)c2cccc(CN3CCN(C)CC3)c2)cc1. The van der Waals surface area contributed by atoms with Crippen LogP contribution in [-0.2, 0) is 6.54 Å². The van der Waals surface area contributed by atoms with Crippen LogP contribution in [0.15, 0.2) is 53.4 Å². The van der Waals surface area contributed by atoms with Gasteiger partial charge in [-0.15, -0.1) is 11.8 Å². The van der Waals surface area contributed by atoms with Gasteiger partial charge >= 0.3 is 0 Å². The van der Waals surface area contributed by atoms with Gasteiger partial charge in [-0.05, 0) is 49.2 Å². The summed E-state index contributed by atoms with van der Waals surface area (Å²) < 4.78 is 0. The molecule has 0 N–H and O–H groups in total. The Morgan fingerprint density at radius 2 is 1.71 bits per heavy atom. The van der Waals surface area contributed by atoms with Gasteiger partial charge in [-0.2, -0.15) is 0 Å². The summed E-state index contributed by atoms with van der Waals surface area (Å²) in [6.45, 7) is 5.32. The number of piperazine rings is 1. The molecule has 0 aliphatic carbocycles. The Kier molecular flexibility index (Phi) is 5.72. The maximum Gasteiger partial charge on any atom is 0.193 e. The molecule has 1 aliphatic rings. The van der Waals surface area contributed by atoms with Gasteiger partial charge in [0, 0.05) is 48.7 Å². The van der Waals surface area contributed by atoms with Gasteiger partial charge in [0.2, 0.25) is 0 Å². The normalized spacial score (nSPS) is 16.2. The average Bonchev–Trinajstić information content (AvgIpc) is 2.63. The highest BCUT2D eigenvalue weighted by atomic mass is 32.2. The second kappa shape index (κ2) is 7.97. The van der Waals surface area contributed by atoms with Gasteiger partial charge in [0.15, 0.2) is 5.78 Å². The Hall–Kier alpha value is -1.62. The van der Waals surface area contributed by atoms with Gasteiger partial charge in [0.05, 0.1) is 0 Å². The molecule has 4 heteroatoms. The van der Waals surface area contributed by atoms with Gasteiger partial charge in [-0.3, -0.25) is 9.69 Å². The predicted octanol–water partition coefficient (Wildman–Crippen LogP) is 3.39. The molecule has 0 saturated carbocycles. The molecule has 1 aliphatic heterocycles. The quantitative estimate of drug-likeness (QED) is 0.615. The summed E-state index contributed by atoms with van der Waals surface area (Å²) in [4.78, 5) is 18.7. The lowest BCUT2D eigenvalue weighted by Gasteiger charge is -2.32. The van der Waals surface area contributed by atoms with Crippen LogP contribution in [0.3, 0.4) is 0 Å². The molecule has 0 aromatic heterocycles. The van der Waals surface area contributed by atoms with Gasteiger partial charge < -0.3 is 4.90 Å². The van der Waals surface area contributed by atoms with Crippen LogP contribution in [0.25, 0.3) is 0 Å². The standard InChI is InChI=1S/C20H24N2OS/c1-21-10-12-22(13-11-21)15-16-4-3-5-18(14-16)20(23)17-6-8-19(24-2)9-7-17/h3-9,14H,10-13,15H2,1-2H3. The summed E-state index contributed by atoms with van der Waals surface area (Å²) in [5, 5.41) is 0. The molecule has 1 saturated heterocycles. The molecule has 24 heavy (non-hydrogen) atoms. The number of rotatable bonds is 5. The second-order valence-electron chi connectivity index (χ2n) is 6.34. The Bertz CT molecular complexity index is 691. The minimum Gasteiger partial charge on any atom is -0.304 e. The highest BCUT2D eigenvalue weighted by molar-refractivity contribution is 7.98. The molecule has 0 atom stereocenters. The molecule has 0 unspecified atom stereocenters. The van der Waals surface area contributed by atoms with Crippen molar-refractivity contribution in [3.8, 4) is 0 Å². The Balaban J connectivity index is 1.70. The van der Waals surface area contributed by atoms with Crippen molar-refractivity contribution in [1.82, 2.24) is 9.80 Å². The van der Waals surface area contributed by atoms with E-state index in [1.54, 1.807) is 11.8 Å². The first-order valence-corrected chi connectivity index (χ1v) is 9.57. The predicted molar refractivity (Wildman–Crippen MR) is 101 cm³/mol. The topological polar surface area (TPSA) is 23.6 Å². The molecule has 2 aromatic rings. The van der Waals surface area contributed by atoms with Crippen molar-refractivity contribution >= 4 is 17.5 Å². The van der Waals surface area contributed by atoms with Gasteiger partial charge in [-0.25, -0.2) is 0 Å². The van der Waals surface area contributed by atoms with E-state index < -0.39 is 0 Å². The number of ketones is 1. The lowest BCUT2D eigenvalue weighted by Crippen LogP contribution is -2.43. The van der Waals surface area contributed by atoms with E-state index in [9.17, 15) is 4.79 Å². The lowest BCUT2D eigenvalue weighted by molar-refractivity contribution is 0.103. The molecule has 0 bridgehead atoms. The molecular weight excluding hydrogens is 316 g/mol. The van der Waals surface area contributed by atoms with E-state index in [0.717, 1.165) is 43.9 Å². The maximum atomic E-state index is 12.7. The van der Waals surface area contributed by atoms with Crippen molar-refractivity contribution in [1.29, 1.82) is 0 Å². The fourth-order valence-electron chi connectivity index (χ4n) is 2.98. The van der Waals surface area contributed by atoms with E-state index in [2.05, 4.69) is 22.9 Å². The van der Waals surface area contributed by atoms with Crippen LogP contribution in [0.1, 0.15) is 21.5 Å². The van der Waals surface area contributed by atoms with Crippen LogP contribution in [0.5, 0.6) is 0 Å². The second-order valence-corrected chi connectivity index (χ2v) is 7.22. The van der Waals surface area contributed by atoms with Crippen molar-refractivity contribution in [2.24, 2.45) is 0 Å². The number of carbonyl (C=O) groups excluding carboxylic acids is 1. The summed E-state index contributed by atoms with van der Waals surface area (Å²) in [6.07, 6.45) is 2.04. The molecule has 0 amide bonds. The van der Waals surface area contributed by atoms with Crippen molar-refractivity contribution < 1.29 is 4.79 Å². The van der Waals surface area contributed by atoms with Crippen molar-refractivity contribution in [2.45, 2.75) is 11.4 Å². The van der Waals surface area contributed by atoms with E-state index >= 15 is 0 Å². The molecule has 1 heterocycles. The summed E-state index contributed by atoms with van der Waals surface area (Å²) >= 11 is 1.69. The van der Waals surface area contributed by atoms with Crippen molar-refractivity contribution in [3.05, 3.63) is 65.2 Å². The fourth-order valence-corrected chi connectivity index (χ4v) is 3.39. The van der Waals surface area contributed by atoms with Crippen LogP contribution < -0.4 is 0 Å². The molecule has 2 aromatic carbocycles. The number of nitrogens with zero attached hydrogens (tertiary/aromatic N) is 2. The lowest BCUT2D eigenvalue weighted by atomic mass is 10.0. The number of likely N-dealkylation sites (N-methyl/N-ethyl adjacent to an activating group) is 1. The Morgan fingerprint density at radius 1 is 1.00 bits per heavy atom. The zero-order chi connectivity index (χ0) is 16.9. The highest BCUT2D eigenvalue weighted by Gasteiger charge is 2.15. The van der Waals surface area contributed by atoms with E-state index in [0.29, 0.717) is 0 Å². The summed E-state index contributed by atoms with van der Waals surface area (Å²) in [5.41, 5.74) is 2.74. The number of hydrogen-bond donors (Lipinski definition) is 0. The summed E-state index contributed by atoms with van der Waals surface area (Å²) in [5.74, 6) is 0.0999. The smallest absolute Gasteiger partial charge is 0.193 e. The third kappa shape index (κ3) is 4.26. The average molecular weight is 340 g/mol. The number of thioether (sulfide) groups is 1. The molecule has 126 valence electrons. The van der Waals surface area contributed by atoms with Crippen LogP contribution in [0.2, 0.25) is 0 Å². The largest absolute Gasteiger partial charge is 0.304 e. The van der Waals surface area contributed by atoms with E-state index in [4.69, 9.17) is 0 Å². The molecule has 0 radical (unpaired) electrons. The molecule has 1 fully saturated rings. The summed E-state index contributed by atoms with van der Waals surface area (Å²) in [6, 6.07) is 15.9. The maximum absolute atomic E-state index is 12.7. The Labute approximate surface area is 148 Å². The first kappa shape index (κ1) is 17.2. The van der Waals surface area contributed by atoms with Crippen LogP contribution in [0.4, 0.5) is 0 Å². The van der Waals surface area contributed by atoms with Crippen molar-refractivity contribution in [3.63, 3.8) is 0 Å². The molecule has 3 rings (SSSR count). The first-order chi connectivity index (χ1) is 11.7. The zero-order valence-electron chi connectivity index (χ0n) is 14.4. The first-order valence-electron chi connectivity index (χ1n) is 8.34.